The second-order valence-electron chi connectivity index (χ2n) is 11.7. The fourth-order valence-corrected chi connectivity index (χ4v) is 6.48. The van der Waals surface area contributed by atoms with E-state index in [0.29, 0.717) is 18.0 Å². The Balaban J connectivity index is 1.82. The van der Waals surface area contributed by atoms with Gasteiger partial charge in [-0.25, -0.2) is 8.42 Å². The van der Waals surface area contributed by atoms with Crippen molar-refractivity contribution in [1.29, 1.82) is 0 Å². The van der Waals surface area contributed by atoms with Crippen LogP contribution in [0.2, 0.25) is 0 Å². The molecule has 0 fully saturated rings. The van der Waals surface area contributed by atoms with Crippen LogP contribution in [-0.2, 0) is 32.6 Å². The lowest BCUT2D eigenvalue weighted by molar-refractivity contribution is -0.140. The number of hydrogen-bond donors (Lipinski definition) is 1. The van der Waals surface area contributed by atoms with Gasteiger partial charge in [-0.15, -0.1) is 0 Å². The molecule has 0 aliphatic carbocycles. The lowest BCUT2D eigenvalue weighted by Crippen LogP contribution is -2.53. The van der Waals surface area contributed by atoms with E-state index >= 15 is 0 Å². The number of carbonyl (C=O) groups excluding carboxylic acids is 2. The van der Waals surface area contributed by atoms with E-state index < -0.39 is 28.5 Å². The molecular formula is C37H43N3O6S. The Hall–Kier alpha value is -4.83. The molecule has 1 atom stereocenters. The average Bonchev–Trinajstić information content (AvgIpc) is 3.08. The number of nitrogens with zero attached hydrogens (tertiary/aromatic N) is 2. The van der Waals surface area contributed by atoms with Gasteiger partial charge in [-0.3, -0.25) is 13.9 Å². The van der Waals surface area contributed by atoms with Crippen molar-refractivity contribution in [2.45, 2.75) is 44.7 Å². The molecular weight excluding hydrogens is 614 g/mol. The van der Waals surface area contributed by atoms with Crippen molar-refractivity contribution in [2.24, 2.45) is 5.92 Å². The van der Waals surface area contributed by atoms with E-state index in [1.807, 2.05) is 63.2 Å². The van der Waals surface area contributed by atoms with Crippen LogP contribution in [0.5, 0.6) is 11.5 Å². The second kappa shape index (κ2) is 16.1. The quantitative estimate of drug-likeness (QED) is 0.178. The molecule has 0 radical (unpaired) electrons. The zero-order valence-corrected chi connectivity index (χ0v) is 28.4. The number of carbonyl (C=O) groups is 2. The van der Waals surface area contributed by atoms with Crippen molar-refractivity contribution in [2.75, 3.05) is 31.6 Å². The van der Waals surface area contributed by atoms with E-state index in [2.05, 4.69) is 5.32 Å². The van der Waals surface area contributed by atoms with Gasteiger partial charge in [0.15, 0.2) is 0 Å². The SMILES string of the molecule is COc1cccc(CN(C(=O)CN(c2cccc(OC)c2)S(=O)(=O)c2ccc(C)cc2)[C@@H](Cc2ccccc2)C(=O)NCC(C)C)c1. The van der Waals surface area contributed by atoms with Gasteiger partial charge in [-0.05, 0) is 60.4 Å². The van der Waals surface area contributed by atoms with Crippen molar-refractivity contribution in [3.05, 3.63) is 120 Å². The van der Waals surface area contributed by atoms with Gasteiger partial charge in [0.25, 0.3) is 10.0 Å². The summed E-state index contributed by atoms with van der Waals surface area (Å²) >= 11 is 0. The van der Waals surface area contributed by atoms with E-state index in [1.54, 1.807) is 55.6 Å². The maximum absolute atomic E-state index is 14.6. The summed E-state index contributed by atoms with van der Waals surface area (Å²) in [7, 11) is -1.18. The number of anilines is 1. The van der Waals surface area contributed by atoms with Gasteiger partial charge in [-0.1, -0.05) is 80.1 Å². The Morgan fingerprint density at radius 3 is 2.04 bits per heavy atom. The minimum Gasteiger partial charge on any atom is -0.497 e. The highest BCUT2D eigenvalue weighted by Crippen LogP contribution is 2.28. The summed E-state index contributed by atoms with van der Waals surface area (Å²) in [4.78, 5) is 30.0. The Morgan fingerprint density at radius 2 is 1.40 bits per heavy atom. The van der Waals surface area contributed by atoms with Gasteiger partial charge in [0, 0.05) is 25.6 Å². The standard InChI is InChI=1S/C37H43N3O6S/c1-27(2)24-38-37(42)35(22-29-11-7-6-8-12-29)39(25-30-13-9-15-32(21-30)45-4)36(41)26-40(31-14-10-16-33(23-31)46-5)47(43,44)34-19-17-28(3)18-20-34/h6-21,23,27,35H,22,24-26H2,1-5H3,(H,38,42)/t35-/m0/s1. The highest BCUT2D eigenvalue weighted by atomic mass is 32.2. The van der Waals surface area contributed by atoms with Crippen molar-refractivity contribution in [3.63, 3.8) is 0 Å². The molecule has 0 aliphatic rings. The van der Waals surface area contributed by atoms with Gasteiger partial charge < -0.3 is 19.7 Å². The third-order valence-corrected chi connectivity index (χ3v) is 9.46. The number of sulfonamides is 1. The van der Waals surface area contributed by atoms with Crippen molar-refractivity contribution in [3.8, 4) is 11.5 Å². The molecule has 0 saturated carbocycles. The van der Waals surface area contributed by atoms with E-state index in [4.69, 9.17) is 9.47 Å². The minimum atomic E-state index is -4.22. The van der Waals surface area contributed by atoms with Crippen molar-refractivity contribution >= 4 is 27.5 Å². The maximum atomic E-state index is 14.6. The maximum Gasteiger partial charge on any atom is 0.264 e. The molecule has 4 rings (SSSR count). The molecule has 0 bridgehead atoms. The number of rotatable bonds is 15. The average molecular weight is 658 g/mol. The summed E-state index contributed by atoms with van der Waals surface area (Å²) in [6.45, 7) is 5.76. The smallest absolute Gasteiger partial charge is 0.264 e. The van der Waals surface area contributed by atoms with Crippen molar-refractivity contribution in [1.82, 2.24) is 10.2 Å². The van der Waals surface area contributed by atoms with Crippen LogP contribution in [0.4, 0.5) is 5.69 Å². The van der Waals surface area contributed by atoms with E-state index in [1.165, 1.54) is 24.1 Å². The monoisotopic (exact) mass is 657 g/mol. The van der Waals surface area contributed by atoms with Crippen LogP contribution in [0.25, 0.3) is 0 Å². The van der Waals surface area contributed by atoms with E-state index in [0.717, 1.165) is 21.0 Å². The van der Waals surface area contributed by atoms with Crippen LogP contribution in [-0.4, -0.2) is 58.5 Å². The first-order chi connectivity index (χ1) is 22.5. The molecule has 248 valence electrons. The molecule has 0 spiro atoms. The minimum absolute atomic E-state index is 0.0357. The Bertz CT molecular complexity index is 1740. The number of benzene rings is 4. The summed E-state index contributed by atoms with van der Waals surface area (Å²) in [5, 5.41) is 3.00. The fraction of sp³-hybridized carbons (Fsp3) is 0.297. The number of nitrogens with one attached hydrogen (secondary N) is 1. The molecule has 0 heterocycles. The van der Waals surface area contributed by atoms with Crippen LogP contribution in [0.1, 0.15) is 30.5 Å². The second-order valence-corrected chi connectivity index (χ2v) is 13.6. The largest absolute Gasteiger partial charge is 0.497 e. The van der Waals surface area contributed by atoms with Crippen LogP contribution in [0.15, 0.2) is 108 Å². The molecule has 2 amide bonds. The normalized spacial score (nSPS) is 11.9. The molecule has 0 aromatic heterocycles. The van der Waals surface area contributed by atoms with Gasteiger partial charge >= 0.3 is 0 Å². The molecule has 0 aliphatic heterocycles. The molecule has 47 heavy (non-hydrogen) atoms. The number of methoxy groups -OCH3 is 2. The summed E-state index contributed by atoms with van der Waals surface area (Å²) in [5.74, 6) is 0.336. The first kappa shape index (κ1) is 35.0. The first-order valence-corrected chi connectivity index (χ1v) is 16.9. The third-order valence-electron chi connectivity index (χ3n) is 7.67. The molecule has 0 saturated heterocycles. The van der Waals surface area contributed by atoms with Crippen LogP contribution >= 0.6 is 0 Å². The van der Waals surface area contributed by atoms with Gasteiger partial charge in [0.05, 0.1) is 24.8 Å². The van der Waals surface area contributed by atoms with Crippen LogP contribution < -0.4 is 19.1 Å². The van der Waals surface area contributed by atoms with Crippen molar-refractivity contribution < 1.29 is 27.5 Å². The molecule has 9 nitrogen and oxygen atoms in total. The Morgan fingerprint density at radius 1 is 0.787 bits per heavy atom. The molecule has 0 unspecified atom stereocenters. The Labute approximate surface area is 278 Å². The summed E-state index contributed by atoms with van der Waals surface area (Å²) in [6.07, 6.45) is 0.227. The Kier molecular flexibility index (Phi) is 12.0. The summed E-state index contributed by atoms with van der Waals surface area (Å²) < 4.78 is 40.4. The molecule has 4 aromatic rings. The number of amides is 2. The highest BCUT2D eigenvalue weighted by Gasteiger charge is 2.35. The highest BCUT2D eigenvalue weighted by molar-refractivity contribution is 7.92. The molecule has 1 N–H and O–H groups in total. The zero-order valence-electron chi connectivity index (χ0n) is 27.6. The number of aryl methyl sites for hydroxylation is 1. The summed E-state index contributed by atoms with van der Waals surface area (Å²) in [5.41, 5.74) is 2.73. The van der Waals surface area contributed by atoms with Gasteiger partial charge in [-0.2, -0.15) is 0 Å². The molecule has 4 aromatic carbocycles. The van der Waals surface area contributed by atoms with Gasteiger partial charge in [0.2, 0.25) is 11.8 Å². The molecule has 10 heteroatoms. The lowest BCUT2D eigenvalue weighted by Gasteiger charge is -2.34. The first-order valence-electron chi connectivity index (χ1n) is 15.5. The lowest BCUT2D eigenvalue weighted by atomic mass is 10.0. The van der Waals surface area contributed by atoms with E-state index in [9.17, 15) is 18.0 Å². The van der Waals surface area contributed by atoms with E-state index in [-0.39, 0.29) is 35.4 Å². The predicted octanol–water partition coefficient (Wildman–Crippen LogP) is 5.62. The third kappa shape index (κ3) is 9.36. The topological polar surface area (TPSA) is 105 Å². The van der Waals surface area contributed by atoms with Gasteiger partial charge in [0.1, 0.15) is 24.1 Å². The summed E-state index contributed by atoms with van der Waals surface area (Å²) in [6, 6.07) is 28.8. The number of hydrogen-bond acceptors (Lipinski definition) is 6. The number of ether oxygens (including phenoxy) is 2. The zero-order chi connectivity index (χ0) is 34.0. The van der Waals surface area contributed by atoms with Crippen LogP contribution in [0.3, 0.4) is 0 Å². The predicted molar refractivity (Wildman–Crippen MR) is 184 cm³/mol. The fourth-order valence-electron chi connectivity index (χ4n) is 5.08. The van der Waals surface area contributed by atoms with Crippen LogP contribution in [0, 0.1) is 12.8 Å².